The smallest absolute Gasteiger partial charge is 0.255 e. The summed E-state index contributed by atoms with van der Waals surface area (Å²) in [4.78, 5) is 30.9. The summed E-state index contributed by atoms with van der Waals surface area (Å²) in [6, 6.07) is 9.23. The maximum Gasteiger partial charge on any atom is 0.255 e. The Hall–Kier alpha value is -3.13. The number of thiazole rings is 1. The van der Waals surface area contributed by atoms with Gasteiger partial charge in [0.15, 0.2) is 6.04 Å². The molecule has 0 saturated carbocycles. The zero-order valence-electron chi connectivity index (χ0n) is 14.9. The first-order chi connectivity index (χ1) is 13.4. The number of hydrogen-bond acceptors (Lipinski definition) is 4. The molecule has 0 bridgehead atoms. The Morgan fingerprint density at radius 2 is 1.75 bits per heavy atom. The number of primary amides is 1. The molecule has 2 amide bonds. The van der Waals surface area contributed by atoms with Crippen LogP contribution in [-0.4, -0.2) is 21.7 Å². The van der Waals surface area contributed by atoms with Crippen LogP contribution in [0.3, 0.4) is 0 Å². The van der Waals surface area contributed by atoms with Crippen molar-refractivity contribution in [3.8, 4) is 0 Å². The van der Waals surface area contributed by atoms with Crippen molar-refractivity contribution in [1.82, 2.24) is 9.88 Å². The van der Waals surface area contributed by atoms with Gasteiger partial charge in [-0.25, -0.2) is 13.8 Å². The number of nitrogens with zero attached hydrogens (tertiary/aromatic N) is 2. The molecule has 0 aliphatic carbocycles. The standard InChI is InChI=1S/C20H17F2N3O2S/c1-12(14-7-15(21)9-16(22)8-14)25(20(27)13-5-3-2-4-6-13)18(19(23)26)17-10-28-11-24-17/h2-12,18H,1H3,(H2,23,26)/t12-,18+/m1/s1. The van der Waals surface area contributed by atoms with Crippen LogP contribution in [-0.2, 0) is 4.79 Å². The quantitative estimate of drug-likeness (QED) is 0.682. The molecule has 3 aromatic rings. The molecule has 2 aromatic carbocycles. The summed E-state index contributed by atoms with van der Waals surface area (Å²) in [5.41, 5.74) is 7.93. The van der Waals surface area contributed by atoms with Crippen molar-refractivity contribution in [1.29, 1.82) is 0 Å². The lowest BCUT2D eigenvalue weighted by Crippen LogP contribution is -2.43. The third kappa shape index (κ3) is 4.07. The predicted molar refractivity (Wildman–Crippen MR) is 101 cm³/mol. The Morgan fingerprint density at radius 1 is 1.11 bits per heavy atom. The van der Waals surface area contributed by atoms with Crippen LogP contribution >= 0.6 is 11.3 Å². The lowest BCUT2D eigenvalue weighted by atomic mass is 10.0. The van der Waals surface area contributed by atoms with Crippen LogP contribution in [0.1, 0.15) is 40.6 Å². The number of amides is 2. The fourth-order valence-electron chi connectivity index (χ4n) is 3.01. The Morgan fingerprint density at radius 3 is 2.29 bits per heavy atom. The molecular weight excluding hydrogens is 384 g/mol. The SMILES string of the molecule is C[C@H](c1cc(F)cc(F)c1)N(C(=O)c1ccccc1)[C@H](C(N)=O)c1cscn1. The molecule has 0 fully saturated rings. The summed E-state index contributed by atoms with van der Waals surface area (Å²) < 4.78 is 27.5. The molecule has 2 N–H and O–H groups in total. The average Bonchev–Trinajstić information content (AvgIpc) is 3.18. The van der Waals surface area contributed by atoms with Gasteiger partial charge < -0.3 is 10.6 Å². The van der Waals surface area contributed by atoms with Crippen LogP contribution in [0.2, 0.25) is 0 Å². The molecule has 1 aromatic heterocycles. The number of benzene rings is 2. The molecule has 28 heavy (non-hydrogen) atoms. The van der Waals surface area contributed by atoms with E-state index in [1.165, 1.54) is 21.7 Å². The van der Waals surface area contributed by atoms with Gasteiger partial charge in [-0.3, -0.25) is 9.59 Å². The molecule has 144 valence electrons. The fraction of sp³-hybridized carbons (Fsp3) is 0.150. The summed E-state index contributed by atoms with van der Waals surface area (Å²) >= 11 is 1.25. The van der Waals surface area contributed by atoms with Crippen LogP contribution < -0.4 is 5.73 Å². The molecular formula is C20H17F2N3O2S. The molecule has 5 nitrogen and oxygen atoms in total. The summed E-state index contributed by atoms with van der Waals surface area (Å²) in [5.74, 6) is -2.86. The molecule has 0 aliphatic rings. The molecule has 0 unspecified atom stereocenters. The minimum Gasteiger partial charge on any atom is -0.368 e. The highest BCUT2D eigenvalue weighted by molar-refractivity contribution is 7.07. The molecule has 0 saturated heterocycles. The topological polar surface area (TPSA) is 76.3 Å². The number of rotatable bonds is 6. The number of hydrogen-bond donors (Lipinski definition) is 1. The van der Waals surface area contributed by atoms with Crippen LogP contribution in [0.15, 0.2) is 59.4 Å². The largest absolute Gasteiger partial charge is 0.368 e. The van der Waals surface area contributed by atoms with Crippen LogP contribution in [0, 0.1) is 11.6 Å². The minimum atomic E-state index is -1.19. The van der Waals surface area contributed by atoms with Gasteiger partial charge in [-0.15, -0.1) is 11.3 Å². The van der Waals surface area contributed by atoms with E-state index in [4.69, 9.17) is 5.73 Å². The highest BCUT2D eigenvalue weighted by Gasteiger charge is 2.36. The maximum atomic E-state index is 13.8. The van der Waals surface area contributed by atoms with E-state index in [0.29, 0.717) is 11.3 Å². The summed E-state index contributed by atoms with van der Waals surface area (Å²) in [6.45, 7) is 1.58. The molecule has 0 radical (unpaired) electrons. The third-order valence-corrected chi connectivity index (χ3v) is 4.92. The molecule has 3 rings (SSSR count). The van der Waals surface area contributed by atoms with Gasteiger partial charge in [0.05, 0.1) is 17.2 Å². The monoisotopic (exact) mass is 401 g/mol. The lowest BCUT2D eigenvalue weighted by molar-refractivity contribution is -0.123. The summed E-state index contributed by atoms with van der Waals surface area (Å²) in [7, 11) is 0. The third-order valence-electron chi connectivity index (χ3n) is 4.32. The zero-order valence-corrected chi connectivity index (χ0v) is 15.7. The van der Waals surface area contributed by atoms with E-state index in [0.717, 1.165) is 18.2 Å². The van der Waals surface area contributed by atoms with E-state index in [-0.39, 0.29) is 5.56 Å². The summed E-state index contributed by atoms with van der Waals surface area (Å²) in [5, 5.41) is 1.61. The Balaban J connectivity index is 2.13. The van der Waals surface area contributed by atoms with Gasteiger partial charge in [0.2, 0.25) is 5.91 Å². The van der Waals surface area contributed by atoms with Crippen molar-refractivity contribution in [3.05, 3.63) is 87.9 Å². The second-order valence-corrected chi connectivity index (χ2v) is 6.89. The van der Waals surface area contributed by atoms with Gasteiger partial charge in [0, 0.05) is 17.0 Å². The second-order valence-electron chi connectivity index (χ2n) is 6.18. The van der Waals surface area contributed by atoms with Gasteiger partial charge >= 0.3 is 0 Å². The lowest BCUT2D eigenvalue weighted by Gasteiger charge is -2.34. The van der Waals surface area contributed by atoms with Crippen molar-refractivity contribution in [2.75, 3.05) is 0 Å². The van der Waals surface area contributed by atoms with Crippen molar-refractivity contribution < 1.29 is 18.4 Å². The van der Waals surface area contributed by atoms with Gasteiger partial charge in [0.1, 0.15) is 11.6 Å². The van der Waals surface area contributed by atoms with Gasteiger partial charge in [0.25, 0.3) is 5.91 Å². The highest BCUT2D eigenvalue weighted by atomic mass is 32.1. The van der Waals surface area contributed by atoms with Crippen molar-refractivity contribution in [2.45, 2.75) is 19.0 Å². The van der Waals surface area contributed by atoms with Crippen LogP contribution in [0.5, 0.6) is 0 Å². The number of halogens is 2. The van der Waals surface area contributed by atoms with Crippen molar-refractivity contribution >= 4 is 23.2 Å². The molecule has 0 spiro atoms. The fourth-order valence-corrected chi connectivity index (χ4v) is 3.58. The predicted octanol–water partition coefficient (Wildman–Crippen LogP) is 3.85. The van der Waals surface area contributed by atoms with Crippen molar-refractivity contribution in [3.63, 3.8) is 0 Å². The molecule has 0 aliphatic heterocycles. The van der Waals surface area contributed by atoms with E-state index in [2.05, 4.69) is 4.98 Å². The Kier molecular flexibility index (Phi) is 5.79. The van der Waals surface area contributed by atoms with E-state index in [1.54, 1.807) is 42.6 Å². The maximum absolute atomic E-state index is 13.8. The molecule has 2 atom stereocenters. The minimum absolute atomic E-state index is 0.197. The van der Waals surface area contributed by atoms with Crippen LogP contribution in [0.4, 0.5) is 8.78 Å². The normalized spacial score (nSPS) is 13.0. The first-order valence-corrected chi connectivity index (χ1v) is 9.34. The number of carbonyl (C=O) groups excluding carboxylic acids is 2. The molecule has 1 heterocycles. The highest BCUT2D eigenvalue weighted by Crippen LogP contribution is 2.33. The van der Waals surface area contributed by atoms with Crippen molar-refractivity contribution in [2.24, 2.45) is 5.73 Å². The number of carbonyl (C=O) groups is 2. The first-order valence-electron chi connectivity index (χ1n) is 8.39. The first kappa shape index (κ1) is 19.6. The Labute approximate surface area is 164 Å². The summed E-state index contributed by atoms with van der Waals surface area (Å²) in [6.07, 6.45) is 0. The average molecular weight is 401 g/mol. The second kappa shape index (κ2) is 8.26. The van der Waals surface area contributed by atoms with Crippen LogP contribution in [0.25, 0.3) is 0 Å². The van der Waals surface area contributed by atoms with E-state index < -0.39 is 35.5 Å². The van der Waals surface area contributed by atoms with E-state index >= 15 is 0 Å². The van der Waals surface area contributed by atoms with E-state index in [1.807, 2.05) is 0 Å². The number of aromatic nitrogens is 1. The molecule has 8 heteroatoms. The Bertz CT molecular complexity index is 960. The zero-order chi connectivity index (χ0) is 20.3. The van der Waals surface area contributed by atoms with Gasteiger partial charge in [-0.1, -0.05) is 18.2 Å². The van der Waals surface area contributed by atoms with E-state index in [9.17, 15) is 18.4 Å². The number of nitrogens with two attached hydrogens (primary N) is 1. The van der Waals surface area contributed by atoms with Gasteiger partial charge in [-0.2, -0.15) is 0 Å². The van der Waals surface area contributed by atoms with Gasteiger partial charge in [-0.05, 0) is 36.8 Å².